The maximum atomic E-state index is 12.7. The maximum Gasteiger partial charge on any atom is 0.341 e. The predicted molar refractivity (Wildman–Crippen MR) is 115 cm³/mol. The number of fused-ring (bicyclic) bond motifs is 1. The van der Waals surface area contributed by atoms with E-state index < -0.39 is 5.97 Å². The summed E-state index contributed by atoms with van der Waals surface area (Å²) in [4.78, 5) is 17.1. The lowest BCUT2D eigenvalue weighted by Gasteiger charge is -2.19. The van der Waals surface area contributed by atoms with E-state index in [9.17, 15) is 4.79 Å². The number of halogens is 1. The van der Waals surface area contributed by atoms with Gasteiger partial charge in [0.2, 0.25) is 0 Å². The normalized spacial score (nSPS) is 10.7. The first-order valence-electron chi connectivity index (χ1n) is 9.16. The molecule has 0 aliphatic heterocycles. The van der Waals surface area contributed by atoms with Gasteiger partial charge in [0.25, 0.3) is 0 Å². The van der Waals surface area contributed by atoms with Crippen molar-refractivity contribution in [2.45, 2.75) is 20.8 Å². The number of carbonyl (C=O) groups is 1. The summed E-state index contributed by atoms with van der Waals surface area (Å²) in [6, 6.07) is 7.58. The van der Waals surface area contributed by atoms with Crippen molar-refractivity contribution in [2.24, 2.45) is 0 Å². The summed E-state index contributed by atoms with van der Waals surface area (Å²) < 4.78 is 16.1. The third-order valence-electron chi connectivity index (χ3n) is 4.81. The van der Waals surface area contributed by atoms with E-state index in [0.29, 0.717) is 33.1 Å². The number of esters is 1. The van der Waals surface area contributed by atoms with Crippen LogP contribution in [-0.4, -0.2) is 31.8 Å². The van der Waals surface area contributed by atoms with Gasteiger partial charge < -0.3 is 19.5 Å². The highest BCUT2D eigenvalue weighted by Gasteiger charge is 2.23. The summed E-state index contributed by atoms with van der Waals surface area (Å²) in [6.07, 6.45) is 1.47. The molecule has 1 aromatic heterocycles. The van der Waals surface area contributed by atoms with Gasteiger partial charge in [0, 0.05) is 18.0 Å². The van der Waals surface area contributed by atoms with Gasteiger partial charge in [0.1, 0.15) is 22.6 Å². The molecular weight excluding hydrogens is 392 g/mol. The summed E-state index contributed by atoms with van der Waals surface area (Å²) in [7, 11) is 3.06. The van der Waals surface area contributed by atoms with Crippen molar-refractivity contribution in [3.05, 3.63) is 52.2 Å². The number of benzene rings is 2. The molecule has 1 N–H and O–H groups in total. The Morgan fingerprint density at radius 2 is 1.90 bits per heavy atom. The number of hydrogen-bond donors (Lipinski definition) is 1. The average molecular weight is 415 g/mol. The zero-order valence-electron chi connectivity index (χ0n) is 17.1. The Morgan fingerprint density at radius 3 is 2.55 bits per heavy atom. The quantitative estimate of drug-likeness (QED) is 0.541. The molecule has 29 heavy (non-hydrogen) atoms. The molecule has 0 atom stereocenters. The molecule has 6 nitrogen and oxygen atoms in total. The van der Waals surface area contributed by atoms with E-state index in [1.165, 1.54) is 13.3 Å². The standard InChI is InChI=1S/C22H23ClN2O4/c1-6-29-22(26)14-11-24-21-17(28-5)10-16(27-4)19(23)18(21)20(14)25-15-9-7-8-12(2)13(15)3/h7-11H,6H2,1-5H3,(H,24,25). The van der Waals surface area contributed by atoms with Crippen LogP contribution in [0.2, 0.25) is 5.02 Å². The second kappa shape index (κ2) is 8.57. The number of ether oxygens (including phenoxy) is 3. The Hall–Kier alpha value is -2.99. The topological polar surface area (TPSA) is 69.7 Å². The SMILES string of the molecule is CCOC(=O)c1cnc2c(OC)cc(OC)c(Cl)c2c1Nc1cccc(C)c1C. The summed E-state index contributed by atoms with van der Waals surface area (Å²) in [6.45, 7) is 6.03. The number of nitrogens with one attached hydrogen (secondary N) is 1. The van der Waals surface area contributed by atoms with E-state index in [0.717, 1.165) is 16.8 Å². The molecule has 0 bridgehead atoms. The molecule has 0 saturated heterocycles. The number of aryl methyl sites for hydroxylation is 1. The largest absolute Gasteiger partial charge is 0.495 e. The highest BCUT2D eigenvalue weighted by Crippen LogP contribution is 2.44. The van der Waals surface area contributed by atoms with Gasteiger partial charge in [0.15, 0.2) is 0 Å². The molecule has 0 spiro atoms. The van der Waals surface area contributed by atoms with Crippen LogP contribution in [0, 0.1) is 13.8 Å². The second-order valence-electron chi connectivity index (χ2n) is 6.46. The number of aromatic nitrogens is 1. The molecule has 0 radical (unpaired) electrons. The fraction of sp³-hybridized carbons (Fsp3) is 0.273. The molecule has 0 fully saturated rings. The highest BCUT2D eigenvalue weighted by atomic mass is 35.5. The number of carbonyl (C=O) groups excluding carboxylic acids is 1. The van der Waals surface area contributed by atoms with Crippen LogP contribution in [0.4, 0.5) is 11.4 Å². The lowest BCUT2D eigenvalue weighted by atomic mass is 10.0. The molecule has 7 heteroatoms. The molecule has 0 aliphatic rings. The van der Waals surface area contributed by atoms with Gasteiger partial charge in [-0.25, -0.2) is 4.79 Å². The number of nitrogens with zero attached hydrogens (tertiary/aromatic N) is 1. The highest BCUT2D eigenvalue weighted by molar-refractivity contribution is 6.38. The molecule has 2 aromatic carbocycles. The van der Waals surface area contributed by atoms with Gasteiger partial charge in [0.05, 0.1) is 36.9 Å². The Labute approximate surface area is 174 Å². The van der Waals surface area contributed by atoms with Gasteiger partial charge in [-0.3, -0.25) is 4.98 Å². The average Bonchev–Trinajstić information content (AvgIpc) is 2.71. The van der Waals surface area contributed by atoms with E-state index in [2.05, 4.69) is 10.3 Å². The minimum Gasteiger partial charge on any atom is -0.495 e. The Morgan fingerprint density at radius 1 is 1.17 bits per heavy atom. The van der Waals surface area contributed by atoms with Gasteiger partial charge >= 0.3 is 5.97 Å². The van der Waals surface area contributed by atoms with Gasteiger partial charge in [-0.15, -0.1) is 0 Å². The van der Waals surface area contributed by atoms with E-state index in [1.807, 2.05) is 32.0 Å². The van der Waals surface area contributed by atoms with Crippen LogP contribution in [0.3, 0.4) is 0 Å². The van der Waals surface area contributed by atoms with Crippen LogP contribution >= 0.6 is 11.6 Å². The first kappa shape index (κ1) is 20.7. The van der Waals surface area contributed by atoms with Crippen molar-refractivity contribution in [1.29, 1.82) is 0 Å². The number of anilines is 2. The molecule has 0 amide bonds. The van der Waals surface area contributed by atoms with Crippen molar-refractivity contribution < 1.29 is 19.0 Å². The summed E-state index contributed by atoms with van der Waals surface area (Å²) >= 11 is 6.65. The monoisotopic (exact) mass is 414 g/mol. The van der Waals surface area contributed by atoms with Crippen LogP contribution in [0.15, 0.2) is 30.5 Å². The third-order valence-corrected chi connectivity index (χ3v) is 5.19. The van der Waals surface area contributed by atoms with Crippen molar-refractivity contribution in [2.75, 3.05) is 26.1 Å². The van der Waals surface area contributed by atoms with Crippen molar-refractivity contribution in [1.82, 2.24) is 4.98 Å². The molecule has 1 heterocycles. The molecule has 0 saturated carbocycles. The number of rotatable bonds is 6. The Kier molecular flexibility index (Phi) is 6.13. The third kappa shape index (κ3) is 3.80. The van der Waals surface area contributed by atoms with Crippen LogP contribution in [0.25, 0.3) is 10.9 Å². The van der Waals surface area contributed by atoms with Gasteiger partial charge in [-0.05, 0) is 38.0 Å². The first-order valence-corrected chi connectivity index (χ1v) is 9.54. The fourth-order valence-electron chi connectivity index (χ4n) is 3.10. The Balaban J connectivity index is 2.36. The lowest BCUT2D eigenvalue weighted by molar-refractivity contribution is 0.0527. The molecule has 152 valence electrons. The van der Waals surface area contributed by atoms with E-state index in [4.69, 9.17) is 25.8 Å². The van der Waals surface area contributed by atoms with Crippen molar-refractivity contribution in [3.8, 4) is 11.5 Å². The molecule has 3 aromatic rings. The van der Waals surface area contributed by atoms with Crippen LogP contribution in [-0.2, 0) is 4.74 Å². The number of methoxy groups -OCH3 is 2. The molecule has 3 rings (SSSR count). The fourth-order valence-corrected chi connectivity index (χ4v) is 3.42. The second-order valence-corrected chi connectivity index (χ2v) is 6.84. The van der Waals surface area contributed by atoms with Crippen LogP contribution in [0.5, 0.6) is 11.5 Å². The zero-order valence-corrected chi connectivity index (χ0v) is 17.8. The molecule has 0 aliphatic carbocycles. The summed E-state index contributed by atoms with van der Waals surface area (Å²) in [5.41, 5.74) is 4.30. The zero-order chi connectivity index (χ0) is 21.1. The van der Waals surface area contributed by atoms with Crippen LogP contribution in [0.1, 0.15) is 28.4 Å². The number of hydrogen-bond acceptors (Lipinski definition) is 6. The lowest BCUT2D eigenvalue weighted by Crippen LogP contribution is -2.10. The van der Waals surface area contributed by atoms with Crippen molar-refractivity contribution >= 4 is 39.8 Å². The van der Waals surface area contributed by atoms with Crippen molar-refractivity contribution in [3.63, 3.8) is 0 Å². The number of pyridine rings is 1. The molecule has 0 unspecified atom stereocenters. The van der Waals surface area contributed by atoms with E-state index in [-0.39, 0.29) is 12.2 Å². The molecular formula is C22H23ClN2O4. The van der Waals surface area contributed by atoms with E-state index >= 15 is 0 Å². The minimum atomic E-state index is -0.493. The minimum absolute atomic E-state index is 0.245. The summed E-state index contributed by atoms with van der Waals surface area (Å²) in [5, 5.41) is 4.22. The maximum absolute atomic E-state index is 12.7. The summed E-state index contributed by atoms with van der Waals surface area (Å²) in [5.74, 6) is 0.413. The van der Waals surface area contributed by atoms with Crippen LogP contribution < -0.4 is 14.8 Å². The Bertz CT molecular complexity index is 1080. The van der Waals surface area contributed by atoms with Gasteiger partial charge in [-0.1, -0.05) is 23.7 Å². The first-order chi connectivity index (χ1) is 13.9. The van der Waals surface area contributed by atoms with Gasteiger partial charge in [-0.2, -0.15) is 0 Å². The smallest absolute Gasteiger partial charge is 0.341 e. The van der Waals surface area contributed by atoms with E-state index in [1.54, 1.807) is 20.1 Å². The predicted octanol–water partition coefficient (Wildman–Crippen LogP) is 5.44.